The number of carbonyl (C=O) groups is 1. The molecule has 1 amide bonds. The van der Waals surface area contributed by atoms with Gasteiger partial charge in [-0.2, -0.15) is 0 Å². The van der Waals surface area contributed by atoms with Gasteiger partial charge in [-0.3, -0.25) is 14.7 Å². The number of halogens is 1. The normalized spacial score (nSPS) is 14.7. The van der Waals surface area contributed by atoms with Crippen LogP contribution in [0.1, 0.15) is 32.6 Å². The standard InChI is InChI=1S/C34H33FN6O2/c1-40-15-17-41(18-16-40)22-24-6-11-28(12-7-24)38-32(26-3-2-14-36-21-26)31-29-19-25(8-13-30(29)39-34(31)43)33(42)37-20-23-4-9-27(35)10-5-23/h2-14,19,21,39,43H,15-18,20,22H2,1H3,(H,37,42). The maximum atomic E-state index is 13.3. The quantitative estimate of drug-likeness (QED) is 0.219. The SMILES string of the molecule is CN1CCN(Cc2ccc(N=C(c3cccnc3)c3c(O)[nH]c4ccc(C(=O)NCc5ccc(F)cc5)cc34)cc2)CC1. The van der Waals surface area contributed by atoms with Crippen molar-refractivity contribution in [2.75, 3.05) is 33.2 Å². The molecule has 8 nitrogen and oxygen atoms in total. The van der Waals surface area contributed by atoms with E-state index in [9.17, 15) is 14.3 Å². The number of hydrogen-bond acceptors (Lipinski definition) is 6. The monoisotopic (exact) mass is 576 g/mol. The van der Waals surface area contributed by atoms with Gasteiger partial charge in [-0.25, -0.2) is 9.38 Å². The first-order valence-electron chi connectivity index (χ1n) is 14.3. The Kier molecular flexibility index (Phi) is 8.26. The maximum Gasteiger partial charge on any atom is 0.251 e. The first kappa shape index (κ1) is 28.3. The zero-order valence-electron chi connectivity index (χ0n) is 23.9. The topological polar surface area (TPSA) is 96.8 Å². The van der Waals surface area contributed by atoms with Crippen molar-refractivity contribution in [2.45, 2.75) is 13.1 Å². The Bertz CT molecular complexity index is 1740. The largest absolute Gasteiger partial charge is 0.494 e. The number of aromatic hydroxyl groups is 1. The predicted molar refractivity (Wildman–Crippen MR) is 166 cm³/mol. The predicted octanol–water partition coefficient (Wildman–Crippen LogP) is 5.25. The molecule has 3 N–H and O–H groups in total. The highest BCUT2D eigenvalue weighted by Crippen LogP contribution is 2.32. The molecule has 5 aromatic rings. The van der Waals surface area contributed by atoms with E-state index in [2.05, 4.69) is 44.3 Å². The van der Waals surface area contributed by atoms with E-state index in [4.69, 9.17) is 4.99 Å². The number of likely N-dealkylation sites (N-methyl/N-ethyl adjacent to an activating group) is 1. The van der Waals surface area contributed by atoms with Crippen LogP contribution in [0.15, 0.2) is 96.2 Å². The smallest absolute Gasteiger partial charge is 0.251 e. The summed E-state index contributed by atoms with van der Waals surface area (Å²) in [7, 11) is 2.15. The average molecular weight is 577 g/mol. The summed E-state index contributed by atoms with van der Waals surface area (Å²) < 4.78 is 13.3. The number of nitrogens with one attached hydrogen (secondary N) is 2. The van der Waals surface area contributed by atoms with Gasteiger partial charge in [0, 0.05) is 73.7 Å². The molecule has 1 saturated heterocycles. The Labute approximate surface area is 249 Å². The first-order valence-corrected chi connectivity index (χ1v) is 14.3. The summed E-state index contributed by atoms with van der Waals surface area (Å²) in [4.78, 5) is 30.2. The molecule has 6 rings (SSSR count). The van der Waals surface area contributed by atoms with E-state index in [0.29, 0.717) is 27.7 Å². The summed E-state index contributed by atoms with van der Waals surface area (Å²) in [5.74, 6) is -0.658. The fourth-order valence-electron chi connectivity index (χ4n) is 5.28. The summed E-state index contributed by atoms with van der Waals surface area (Å²) in [5, 5.41) is 14.6. The Morgan fingerprint density at radius 3 is 2.44 bits per heavy atom. The highest BCUT2D eigenvalue weighted by Gasteiger charge is 2.21. The Balaban J connectivity index is 1.30. The fraction of sp³-hybridized carbons (Fsp3) is 0.206. The molecule has 218 valence electrons. The van der Waals surface area contributed by atoms with Crippen molar-refractivity contribution >= 4 is 28.2 Å². The number of rotatable bonds is 8. The summed E-state index contributed by atoms with van der Waals surface area (Å²) in [6.45, 7) is 5.39. The van der Waals surface area contributed by atoms with Gasteiger partial charge in [0.1, 0.15) is 5.82 Å². The zero-order chi connectivity index (χ0) is 29.8. The molecule has 3 aromatic carbocycles. The maximum absolute atomic E-state index is 13.3. The highest BCUT2D eigenvalue weighted by molar-refractivity contribution is 6.22. The molecule has 2 aromatic heterocycles. The summed E-state index contributed by atoms with van der Waals surface area (Å²) >= 11 is 0. The van der Waals surface area contributed by atoms with E-state index in [0.717, 1.165) is 49.5 Å². The lowest BCUT2D eigenvalue weighted by atomic mass is 10.0. The van der Waals surface area contributed by atoms with E-state index in [1.54, 1.807) is 42.7 Å². The second-order valence-corrected chi connectivity index (χ2v) is 10.9. The lowest BCUT2D eigenvalue weighted by molar-refractivity contribution is 0.0951. The molecule has 0 unspecified atom stereocenters. The van der Waals surface area contributed by atoms with Gasteiger partial charge in [0.25, 0.3) is 5.91 Å². The number of aliphatic imine (C=N–C) groups is 1. The third-order valence-electron chi connectivity index (χ3n) is 7.76. The number of hydrogen-bond donors (Lipinski definition) is 3. The van der Waals surface area contributed by atoms with Crippen LogP contribution < -0.4 is 5.32 Å². The minimum Gasteiger partial charge on any atom is -0.494 e. The van der Waals surface area contributed by atoms with Crippen molar-refractivity contribution in [1.82, 2.24) is 25.1 Å². The third kappa shape index (κ3) is 6.63. The van der Waals surface area contributed by atoms with Crippen molar-refractivity contribution in [3.05, 3.63) is 125 Å². The molecular formula is C34H33FN6O2. The molecule has 0 spiro atoms. The molecule has 9 heteroatoms. The molecule has 0 atom stereocenters. The second kappa shape index (κ2) is 12.6. The molecule has 0 saturated carbocycles. The van der Waals surface area contributed by atoms with Gasteiger partial charge < -0.3 is 20.3 Å². The lowest BCUT2D eigenvalue weighted by Crippen LogP contribution is -2.43. The minimum absolute atomic E-state index is 0.0480. The van der Waals surface area contributed by atoms with Crippen LogP contribution in [0.25, 0.3) is 10.9 Å². The van der Waals surface area contributed by atoms with E-state index in [1.165, 1.54) is 17.7 Å². The number of benzene rings is 3. The molecule has 3 heterocycles. The summed E-state index contributed by atoms with van der Waals surface area (Å²) in [6.07, 6.45) is 3.39. The number of amides is 1. The number of aromatic amines is 1. The highest BCUT2D eigenvalue weighted by atomic mass is 19.1. The number of fused-ring (bicyclic) bond motifs is 1. The molecule has 0 bridgehead atoms. The van der Waals surface area contributed by atoms with Crippen molar-refractivity contribution in [1.29, 1.82) is 0 Å². The molecule has 1 aliphatic heterocycles. The van der Waals surface area contributed by atoms with Crippen LogP contribution in [0.3, 0.4) is 0 Å². The Morgan fingerprint density at radius 1 is 0.977 bits per heavy atom. The van der Waals surface area contributed by atoms with Gasteiger partial charge in [-0.1, -0.05) is 24.3 Å². The minimum atomic E-state index is -0.326. The number of carbonyl (C=O) groups excluding carboxylic acids is 1. The van der Waals surface area contributed by atoms with Gasteiger partial charge in [-0.05, 0) is 72.8 Å². The van der Waals surface area contributed by atoms with Crippen molar-refractivity contribution < 1.29 is 14.3 Å². The van der Waals surface area contributed by atoms with Crippen LogP contribution in [0.5, 0.6) is 5.88 Å². The van der Waals surface area contributed by atoms with E-state index in [-0.39, 0.29) is 24.1 Å². The van der Waals surface area contributed by atoms with Crippen molar-refractivity contribution in [3.63, 3.8) is 0 Å². The molecular weight excluding hydrogens is 543 g/mol. The van der Waals surface area contributed by atoms with Crippen molar-refractivity contribution in [3.8, 4) is 5.88 Å². The van der Waals surface area contributed by atoms with Crippen molar-refractivity contribution in [2.24, 2.45) is 4.99 Å². The van der Waals surface area contributed by atoms with E-state index in [1.807, 2.05) is 24.3 Å². The van der Waals surface area contributed by atoms with Gasteiger partial charge >= 0.3 is 0 Å². The van der Waals surface area contributed by atoms with Gasteiger partial charge in [-0.15, -0.1) is 0 Å². The molecule has 0 radical (unpaired) electrons. The fourth-order valence-corrected chi connectivity index (χ4v) is 5.28. The number of nitrogens with zero attached hydrogens (tertiary/aromatic N) is 4. The van der Waals surface area contributed by atoms with Crippen LogP contribution in [0.2, 0.25) is 0 Å². The number of H-pyrrole nitrogens is 1. The number of pyridine rings is 1. The first-order chi connectivity index (χ1) is 20.9. The van der Waals surface area contributed by atoms with Crippen LogP contribution in [0.4, 0.5) is 10.1 Å². The second-order valence-electron chi connectivity index (χ2n) is 10.9. The zero-order valence-corrected chi connectivity index (χ0v) is 23.9. The number of piperazine rings is 1. The summed E-state index contributed by atoms with van der Waals surface area (Å²) in [6, 6.07) is 23.1. The van der Waals surface area contributed by atoms with E-state index >= 15 is 0 Å². The number of aromatic nitrogens is 2. The molecule has 0 aliphatic carbocycles. The van der Waals surface area contributed by atoms with Gasteiger partial charge in [0.05, 0.1) is 17.0 Å². The van der Waals surface area contributed by atoms with Crippen LogP contribution in [-0.4, -0.2) is 69.7 Å². The van der Waals surface area contributed by atoms with E-state index < -0.39 is 0 Å². The Morgan fingerprint density at radius 2 is 1.72 bits per heavy atom. The third-order valence-corrected chi connectivity index (χ3v) is 7.76. The van der Waals surface area contributed by atoms with Gasteiger partial charge in [0.15, 0.2) is 5.88 Å². The van der Waals surface area contributed by atoms with Crippen LogP contribution in [-0.2, 0) is 13.1 Å². The Hall–Kier alpha value is -4.86. The molecule has 43 heavy (non-hydrogen) atoms. The van der Waals surface area contributed by atoms with Crippen LogP contribution in [0, 0.1) is 5.82 Å². The van der Waals surface area contributed by atoms with Crippen LogP contribution >= 0.6 is 0 Å². The lowest BCUT2D eigenvalue weighted by Gasteiger charge is -2.32. The van der Waals surface area contributed by atoms with Gasteiger partial charge in [0.2, 0.25) is 0 Å². The molecule has 1 fully saturated rings. The average Bonchev–Trinajstić information content (AvgIpc) is 3.36. The molecule has 1 aliphatic rings. The summed E-state index contributed by atoms with van der Waals surface area (Å²) in [5.41, 5.74) is 5.59.